The lowest BCUT2D eigenvalue weighted by Gasteiger charge is -2.39. The van der Waals surface area contributed by atoms with Crippen LogP contribution in [-0.2, 0) is 13.7 Å². The van der Waals surface area contributed by atoms with E-state index in [1.54, 1.807) is 28.0 Å². The maximum atomic E-state index is 13.3. The number of pyridine rings is 2. The van der Waals surface area contributed by atoms with E-state index in [9.17, 15) is 8.78 Å². The molecule has 0 saturated carbocycles. The summed E-state index contributed by atoms with van der Waals surface area (Å²) in [6.07, 6.45) is 8.71. The first-order chi connectivity index (χ1) is 19.3. The highest BCUT2D eigenvalue weighted by atomic mass is 19.3. The van der Waals surface area contributed by atoms with Crippen molar-refractivity contribution in [3.05, 3.63) is 79.1 Å². The Bertz CT molecular complexity index is 1890. The maximum Gasteiger partial charge on any atom is 0.282 e. The van der Waals surface area contributed by atoms with E-state index in [1.165, 1.54) is 6.33 Å². The Morgan fingerprint density at radius 2 is 1.90 bits per heavy atom. The van der Waals surface area contributed by atoms with Crippen molar-refractivity contribution in [2.75, 3.05) is 23.7 Å². The van der Waals surface area contributed by atoms with Crippen LogP contribution in [0.1, 0.15) is 5.56 Å². The van der Waals surface area contributed by atoms with E-state index in [4.69, 9.17) is 10.5 Å². The highest BCUT2D eigenvalue weighted by Crippen LogP contribution is 2.34. The fraction of sp³-hybridized carbons (Fsp3) is 0.179. The van der Waals surface area contributed by atoms with E-state index < -0.39 is 5.92 Å². The van der Waals surface area contributed by atoms with Gasteiger partial charge in [-0.3, -0.25) is 14.2 Å². The van der Waals surface area contributed by atoms with Crippen LogP contribution in [0, 0.1) is 0 Å². The van der Waals surface area contributed by atoms with Crippen LogP contribution in [0.2, 0.25) is 0 Å². The van der Waals surface area contributed by atoms with Crippen LogP contribution in [0.4, 0.5) is 20.4 Å². The molecule has 2 N–H and O–H groups in total. The first-order valence-electron chi connectivity index (χ1n) is 12.6. The van der Waals surface area contributed by atoms with Gasteiger partial charge in [0.05, 0.1) is 41.6 Å². The van der Waals surface area contributed by atoms with Crippen molar-refractivity contribution in [2.45, 2.75) is 12.5 Å². The van der Waals surface area contributed by atoms with E-state index in [1.807, 2.05) is 60.4 Å². The Morgan fingerprint density at radius 3 is 2.70 bits per heavy atom. The fourth-order valence-electron chi connectivity index (χ4n) is 4.91. The third-order valence-electron chi connectivity index (χ3n) is 6.88. The molecule has 7 rings (SSSR count). The molecular formula is C28H23F2N9O. The van der Waals surface area contributed by atoms with Gasteiger partial charge in [0.15, 0.2) is 5.65 Å². The van der Waals surface area contributed by atoms with Gasteiger partial charge in [0.2, 0.25) is 0 Å². The van der Waals surface area contributed by atoms with Gasteiger partial charge in [-0.2, -0.15) is 5.10 Å². The number of nitrogens with two attached hydrogens (primary N) is 1. The molecule has 0 unspecified atom stereocenters. The fourth-order valence-corrected chi connectivity index (χ4v) is 4.91. The minimum absolute atomic E-state index is 0.258. The summed E-state index contributed by atoms with van der Waals surface area (Å²) in [7, 11) is 1.86. The largest absolute Gasteiger partial charge is 0.489 e. The van der Waals surface area contributed by atoms with Gasteiger partial charge < -0.3 is 15.4 Å². The van der Waals surface area contributed by atoms with Gasteiger partial charge in [-0.15, -0.1) is 0 Å². The average molecular weight is 540 g/mol. The average Bonchev–Trinajstić information content (AvgIpc) is 3.54. The Hall–Kier alpha value is -5.13. The zero-order valence-electron chi connectivity index (χ0n) is 21.4. The Balaban J connectivity index is 1.16. The van der Waals surface area contributed by atoms with E-state index in [0.717, 1.165) is 27.9 Å². The summed E-state index contributed by atoms with van der Waals surface area (Å²) < 4.78 is 36.3. The van der Waals surface area contributed by atoms with E-state index in [-0.39, 0.29) is 19.7 Å². The minimum Gasteiger partial charge on any atom is -0.489 e. The van der Waals surface area contributed by atoms with Crippen LogP contribution in [0.25, 0.3) is 38.9 Å². The number of alkyl halides is 2. The van der Waals surface area contributed by atoms with E-state index in [2.05, 4.69) is 25.0 Å². The van der Waals surface area contributed by atoms with E-state index in [0.29, 0.717) is 33.9 Å². The molecule has 10 nitrogen and oxygen atoms in total. The highest BCUT2D eigenvalue weighted by molar-refractivity contribution is 6.00. The lowest BCUT2D eigenvalue weighted by atomic mass is 10.1. The predicted molar refractivity (Wildman–Crippen MR) is 147 cm³/mol. The Labute approximate surface area is 226 Å². The van der Waals surface area contributed by atoms with Crippen molar-refractivity contribution >= 4 is 33.6 Å². The Morgan fingerprint density at radius 1 is 1.05 bits per heavy atom. The van der Waals surface area contributed by atoms with Crippen molar-refractivity contribution < 1.29 is 13.5 Å². The molecule has 0 radical (unpaired) electrons. The summed E-state index contributed by atoms with van der Waals surface area (Å²) in [4.78, 5) is 19.2. The number of rotatable bonds is 6. The van der Waals surface area contributed by atoms with E-state index >= 15 is 0 Å². The smallest absolute Gasteiger partial charge is 0.282 e. The molecule has 0 amide bonds. The molecule has 0 aliphatic carbocycles. The highest BCUT2D eigenvalue weighted by Gasteiger charge is 2.44. The van der Waals surface area contributed by atoms with Gasteiger partial charge in [0.25, 0.3) is 5.92 Å². The number of fused-ring (bicyclic) bond motifs is 2. The number of aryl methyl sites for hydroxylation is 1. The molecule has 40 heavy (non-hydrogen) atoms. The van der Waals surface area contributed by atoms with Gasteiger partial charge in [-0.05, 0) is 36.4 Å². The predicted octanol–water partition coefficient (Wildman–Crippen LogP) is 4.38. The van der Waals surface area contributed by atoms with Crippen molar-refractivity contribution in [1.29, 1.82) is 0 Å². The number of hydrogen-bond donors (Lipinski definition) is 1. The summed E-state index contributed by atoms with van der Waals surface area (Å²) in [6.45, 7) is -0.374. The second-order valence-corrected chi connectivity index (χ2v) is 9.82. The van der Waals surface area contributed by atoms with Gasteiger partial charge in [0, 0.05) is 48.2 Å². The van der Waals surface area contributed by atoms with Crippen molar-refractivity contribution in [2.24, 2.45) is 7.05 Å². The molecule has 0 spiro atoms. The SMILES string of the molecule is Cn1ccc(-c2cn(-c3cncc(COc4ccc5ccc(N6CC(F)(F)C6)nc5c4)c3)c3ncnc(N)c23)n1. The lowest BCUT2D eigenvalue weighted by molar-refractivity contribution is -0.0266. The molecule has 12 heteroatoms. The van der Waals surface area contributed by atoms with Crippen LogP contribution in [-0.4, -0.2) is 53.3 Å². The first-order valence-corrected chi connectivity index (χ1v) is 12.6. The zero-order valence-corrected chi connectivity index (χ0v) is 21.4. The third-order valence-corrected chi connectivity index (χ3v) is 6.88. The number of ether oxygens (including phenoxy) is 1. The summed E-state index contributed by atoms with van der Waals surface area (Å²) in [6, 6.07) is 13.1. The molecule has 0 bridgehead atoms. The zero-order chi connectivity index (χ0) is 27.4. The molecule has 1 saturated heterocycles. The number of hydrogen-bond acceptors (Lipinski definition) is 8. The van der Waals surface area contributed by atoms with Crippen LogP contribution in [0.5, 0.6) is 5.75 Å². The van der Waals surface area contributed by atoms with Crippen LogP contribution >= 0.6 is 0 Å². The summed E-state index contributed by atoms with van der Waals surface area (Å²) in [5.41, 5.74) is 10.8. The van der Waals surface area contributed by atoms with Crippen LogP contribution in [0.3, 0.4) is 0 Å². The molecule has 200 valence electrons. The molecule has 1 aliphatic heterocycles. The number of aromatic nitrogens is 7. The molecule has 5 aromatic heterocycles. The monoisotopic (exact) mass is 539 g/mol. The van der Waals surface area contributed by atoms with Gasteiger partial charge in [0.1, 0.15) is 30.3 Å². The first kappa shape index (κ1) is 23.9. The molecule has 1 fully saturated rings. The lowest BCUT2D eigenvalue weighted by Crippen LogP contribution is -2.56. The molecular weight excluding hydrogens is 516 g/mol. The van der Waals surface area contributed by atoms with Gasteiger partial charge >= 0.3 is 0 Å². The Kier molecular flexibility index (Phi) is 5.37. The van der Waals surface area contributed by atoms with Gasteiger partial charge in [-0.1, -0.05) is 0 Å². The normalized spacial score (nSPS) is 14.5. The van der Waals surface area contributed by atoms with Crippen LogP contribution < -0.4 is 15.4 Å². The summed E-state index contributed by atoms with van der Waals surface area (Å²) in [5, 5.41) is 6.14. The van der Waals surface area contributed by atoms with Crippen molar-refractivity contribution in [3.8, 4) is 22.7 Å². The molecule has 6 aromatic rings. The second kappa shape index (κ2) is 8.97. The molecule has 0 atom stereocenters. The van der Waals surface area contributed by atoms with Crippen LogP contribution in [0.15, 0.2) is 73.6 Å². The number of nitrogens with zero attached hydrogens (tertiary/aromatic N) is 8. The second-order valence-electron chi connectivity index (χ2n) is 9.82. The number of nitrogen functional groups attached to an aromatic ring is 1. The topological polar surface area (TPSA) is 113 Å². The standard InChI is InChI=1S/C28H23F2N9O/c1-37-7-6-22(36-37)21-12-39(27-25(21)26(31)33-16-34-27)19-8-17(10-32-11-19)13-40-20-4-2-18-3-5-24(35-23(18)9-20)38-14-28(29,30)15-38/h2-12,16H,13-15H2,1H3,(H2,31,33,34). The number of benzene rings is 1. The summed E-state index contributed by atoms with van der Waals surface area (Å²) in [5.74, 6) is -1.15. The maximum absolute atomic E-state index is 13.3. The summed E-state index contributed by atoms with van der Waals surface area (Å²) >= 11 is 0. The number of halogens is 2. The third kappa shape index (κ3) is 4.23. The minimum atomic E-state index is -2.66. The molecule has 1 aromatic carbocycles. The molecule has 6 heterocycles. The van der Waals surface area contributed by atoms with Crippen molar-refractivity contribution in [1.82, 2.24) is 34.3 Å². The quantitative estimate of drug-likeness (QED) is 0.332. The van der Waals surface area contributed by atoms with Crippen molar-refractivity contribution in [3.63, 3.8) is 0 Å². The molecule has 1 aliphatic rings. The van der Waals surface area contributed by atoms with Gasteiger partial charge in [-0.25, -0.2) is 23.7 Å². The number of anilines is 2.